The summed E-state index contributed by atoms with van der Waals surface area (Å²) in [5, 5.41) is 0. The van der Waals surface area contributed by atoms with Crippen LogP contribution in [0.3, 0.4) is 0 Å². The summed E-state index contributed by atoms with van der Waals surface area (Å²) in [6.45, 7) is 8.08. The Kier molecular flexibility index (Phi) is 5.80. The van der Waals surface area contributed by atoms with Gasteiger partial charge >= 0.3 is 12.1 Å². The number of rotatable bonds is 4. The minimum Gasteiger partial charge on any atom is -0.458 e. The second kappa shape index (κ2) is 6.92. The number of nitrogens with zero attached hydrogens (tertiary/aromatic N) is 1. The predicted octanol–water partition coefficient (Wildman–Crippen LogP) is 1.96. The van der Waals surface area contributed by atoms with Crippen molar-refractivity contribution in [2.24, 2.45) is 0 Å². The van der Waals surface area contributed by atoms with E-state index in [1.165, 1.54) is 7.11 Å². The highest BCUT2D eigenvalue weighted by Crippen LogP contribution is 2.19. The lowest BCUT2D eigenvalue weighted by atomic mass is 10.2. The van der Waals surface area contributed by atoms with Crippen molar-refractivity contribution in [3.05, 3.63) is 0 Å². The minimum atomic E-state index is -0.644. The third-order valence-electron chi connectivity index (χ3n) is 3.06. The average Bonchev–Trinajstić information content (AvgIpc) is 2.81. The van der Waals surface area contributed by atoms with E-state index in [4.69, 9.17) is 14.2 Å². The Morgan fingerprint density at radius 2 is 2.00 bits per heavy atom. The molecule has 116 valence electrons. The molecule has 1 unspecified atom stereocenters. The van der Waals surface area contributed by atoms with Crippen molar-refractivity contribution in [1.82, 2.24) is 4.90 Å². The Hall–Kier alpha value is -1.30. The number of carbonyl (C=O) groups excluding carboxylic acids is 2. The van der Waals surface area contributed by atoms with Crippen LogP contribution in [0.1, 0.15) is 40.5 Å². The highest BCUT2D eigenvalue weighted by molar-refractivity contribution is 5.74. The fourth-order valence-corrected chi connectivity index (χ4v) is 2.07. The second-order valence-electron chi connectivity index (χ2n) is 5.97. The first-order valence-electron chi connectivity index (χ1n) is 6.93. The van der Waals surface area contributed by atoms with Gasteiger partial charge in [-0.15, -0.1) is 0 Å². The van der Waals surface area contributed by atoms with Gasteiger partial charge in [0.2, 0.25) is 0 Å². The highest BCUT2D eigenvalue weighted by atomic mass is 16.6. The van der Waals surface area contributed by atoms with E-state index in [1.807, 2.05) is 20.8 Å². The van der Waals surface area contributed by atoms with Crippen molar-refractivity contribution in [2.75, 3.05) is 20.3 Å². The fourth-order valence-electron chi connectivity index (χ4n) is 2.07. The van der Waals surface area contributed by atoms with Crippen molar-refractivity contribution in [2.45, 2.75) is 58.3 Å². The van der Waals surface area contributed by atoms with E-state index in [9.17, 15) is 9.59 Å². The highest BCUT2D eigenvalue weighted by Gasteiger charge is 2.31. The molecule has 0 aromatic heterocycles. The van der Waals surface area contributed by atoms with Gasteiger partial charge in [0.1, 0.15) is 5.60 Å². The van der Waals surface area contributed by atoms with Crippen LogP contribution in [0, 0.1) is 0 Å². The maximum Gasteiger partial charge on any atom is 0.409 e. The van der Waals surface area contributed by atoms with Gasteiger partial charge in [0.25, 0.3) is 0 Å². The summed E-state index contributed by atoms with van der Waals surface area (Å²) < 4.78 is 15.5. The number of esters is 1. The van der Waals surface area contributed by atoms with E-state index in [2.05, 4.69) is 0 Å². The quantitative estimate of drug-likeness (QED) is 0.740. The lowest BCUT2D eigenvalue weighted by Gasteiger charge is -2.26. The Balaban J connectivity index is 2.42. The van der Waals surface area contributed by atoms with Gasteiger partial charge in [-0.2, -0.15) is 0 Å². The van der Waals surface area contributed by atoms with Crippen LogP contribution in [0.4, 0.5) is 4.79 Å². The van der Waals surface area contributed by atoms with Crippen LogP contribution < -0.4 is 0 Å². The number of methoxy groups -OCH3 is 1. The Bertz CT molecular complexity index is 350. The first-order valence-corrected chi connectivity index (χ1v) is 6.93. The normalized spacial score (nSPS) is 20.6. The van der Waals surface area contributed by atoms with E-state index in [0.29, 0.717) is 13.2 Å². The summed E-state index contributed by atoms with van der Waals surface area (Å²) in [7, 11) is 1.36. The summed E-state index contributed by atoms with van der Waals surface area (Å²) in [5.41, 5.74) is -0.528. The van der Waals surface area contributed by atoms with Gasteiger partial charge < -0.3 is 19.1 Å². The molecule has 0 bridgehead atoms. The molecule has 1 aliphatic rings. The number of amides is 1. The molecule has 20 heavy (non-hydrogen) atoms. The molecule has 2 atom stereocenters. The topological polar surface area (TPSA) is 65.1 Å². The Morgan fingerprint density at radius 1 is 1.35 bits per heavy atom. The molecule has 0 spiro atoms. The van der Waals surface area contributed by atoms with Gasteiger partial charge in [-0.25, -0.2) is 9.59 Å². The zero-order chi connectivity index (χ0) is 15.3. The van der Waals surface area contributed by atoms with Crippen LogP contribution in [0.2, 0.25) is 0 Å². The second-order valence-corrected chi connectivity index (χ2v) is 5.97. The zero-order valence-corrected chi connectivity index (χ0v) is 13.0. The third-order valence-corrected chi connectivity index (χ3v) is 3.06. The minimum absolute atomic E-state index is 0.0349. The van der Waals surface area contributed by atoms with Crippen LogP contribution in [0.25, 0.3) is 0 Å². The maximum atomic E-state index is 11.8. The van der Waals surface area contributed by atoms with Crippen molar-refractivity contribution in [3.63, 3.8) is 0 Å². The van der Waals surface area contributed by atoms with E-state index < -0.39 is 11.7 Å². The number of carbonyl (C=O) groups is 2. The van der Waals surface area contributed by atoms with Crippen LogP contribution in [0.15, 0.2) is 0 Å². The molecule has 0 aliphatic carbocycles. The molecule has 1 aliphatic heterocycles. The molecule has 1 rings (SSSR count). The summed E-state index contributed by atoms with van der Waals surface area (Å²) >= 11 is 0. The molecule has 1 amide bonds. The monoisotopic (exact) mass is 287 g/mol. The van der Waals surface area contributed by atoms with Crippen molar-refractivity contribution in [3.8, 4) is 0 Å². The summed E-state index contributed by atoms with van der Waals surface area (Å²) in [4.78, 5) is 25.0. The van der Waals surface area contributed by atoms with Crippen molar-refractivity contribution in [1.29, 1.82) is 0 Å². The number of hydrogen-bond acceptors (Lipinski definition) is 5. The van der Waals surface area contributed by atoms with Crippen LogP contribution in [-0.4, -0.2) is 55.0 Å². The van der Waals surface area contributed by atoms with Crippen molar-refractivity contribution < 1.29 is 23.8 Å². The number of likely N-dealkylation sites (tertiary alicyclic amines) is 1. The maximum absolute atomic E-state index is 11.8. The van der Waals surface area contributed by atoms with Crippen LogP contribution >= 0.6 is 0 Å². The van der Waals surface area contributed by atoms with Gasteiger partial charge in [0.05, 0.1) is 19.8 Å². The van der Waals surface area contributed by atoms with Crippen LogP contribution in [-0.2, 0) is 19.0 Å². The molecular formula is C14H25NO5. The summed E-state index contributed by atoms with van der Waals surface area (Å²) in [5.74, 6) is -0.389. The lowest BCUT2D eigenvalue weighted by Crippen LogP contribution is -2.40. The summed E-state index contributed by atoms with van der Waals surface area (Å²) in [6, 6.07) is -0.0349. The molecule has 0 aromatic carbocycles. The molecule has 6 heteroatoms. The Morgan fingerprint density at radius 3 is 2.55 bits per heavy atom. The SMILES string of the molecule is COC(=O)N1CCC[C@H]1COC(C)C(=O)OC(C)(C)C. The van der Waals surface area contributed by atoms with E-state index in [-0.39, 0.29) is 18.1 Å². The van der Waals surface area contributed by atoms with Crippen LogP contribution in [0.5, 0.6) is 0 Å². The molecule has 1 saturated heterocycles. The van der Waals surface area contributed by atoms with Gasteiger partial charge in [0.15, 0.2) is 6.10 Å². The third kappa shape index (κ3) is 5.00. The molecule has 0 N–H and O–H groups in total. The van der Waals surface area contributed by atoms with E-state index in [1.54, 1.807) is 11.8 Å². The first-order chi connectivity index (χ1) is 9.24. The molecule has 0 radical (unpaired) electrons. The van der Waals surface area contributed by atoms with Crippen molar-refractivity contribution >= 4 is 12.1 Å². The summed E-state index contributed by atoms with van der Waals surface area (Å²) in [6.07, 6.45) is 0.787. The largest absolute Gasteiger partial charge is 0.458 e. The molecule has 1 heterocycles. The molecule has 1 fully saturated rings. The molecule has 0 aromatic rings. The molecule has 6 nitrogen and oxygen atoms in total. The van der Waals surface area contributed by atoms with Gasteiger partial charge in [-0.05, 0) is 40.5 Å². The van der Waals surface area contributed by atoms with E-state index in [0.717, 1.165) is 12.8 Å². The van der Waals surface area contributed by atoms with Gasteiger partial charge in [0, 0.05) is 6.54 Å². The van der Waals surface area contributed by atoms with E-state index >= 15 is 0 Å². The predicted molar refractivity (Wildman–Crippen MR) is 73.4 cm³/mol. The molecule has 0 saturated carbocycles. The number of hydrogen-bond donors (Lipinski definition) is 0. The fraction of sp³-hybridized carbons (Fsp3) is 0.857. The molecular weight excluding hydrogens is 262 g/mol. The zero-order valence-electron chi connectivity index (χ0n) is 13.0. The Labute approximate surface area is 120 Å². The first kappa shape index (κ1) is 16.8. The average molecular weight is 287 g/mol. The van der Waals surface area contributed by atoms with Gasteiger partial charge in [-0.3, -0.25) is 0 Å². The number of ether oxygens (including phenoxy) is 3. The standard InChI is InChI=1S/C14H25NO5/c1-10(12(16)20-14(2,3)4)19-9-11-7-6-8-15(11)13(17)18-5/h10-11H,6-9H2,1-5H3/t10?,11-/m0/s1. The smallest absolute Gasteiger partial charge is 0.409 e. The van der Waals surface area contributed by atoms with Gasteiger partial charge in [-0.1, -0.05) is 0 Å². The lowest BCUT2D eigenvalue weighted by molar-refractivity contribution is -0.168.